The molecule has 2 aliphatic rings. The van der Waals surface area contributed by atoms with Gasteiger partial charge in [0.2, 0.25) is 0 Å². The second-order valence-electron chi connectivity index (χ2n) is 10.4. The summed E-state index contributed by atoms with van der Waals surface area (Å²) in [7, 11) is 0. The number of thiazole rings is 1. The average Bonchev–Trinajstić information content (AvgIpc) is 3.61. The molecule has 4 aromatic carbocycles. The molecule has 0 saturated carbocycles. The minimum Gasteiger partial charge on any atom is -0.507 e. The van der Waals surface area contributed by atoms with Gasteiger partial charge in [0, 0.05) is 5.56 Å². The van der Waals surface area contributed by atoms with Crippen molar-refractivity contribution in [3.05, 3.63) is 113 Å². The van der Waals surface area contributed by atoms with E-state index in [0.717, 1.165) is 10.3 Å². The van der Waals surface area contributed by atoms with Crippen LogP contribution in [0, 0.1) is 0 Å². The molecule has 7 rings (SSSR count). The molecular formula is C35H28N2O7S. The van der Waals surface area contributed by atoms with Gasteiger partial charge in [-0.1, -0.05) is 53.8 Å². The lowest BCUT2D eigenvalue weighted by Crippen LogP contribution is -2.29. The number of anilines is 1. The van der Waals surface area contributed by atoms with Gasteiger partial charge in [-0.2, -0.15) is 0 Å². The van der Waals surface area contributed by atoms with Crippen LogP contribution in [0.5, 0.6) is 23.0 Å². The van der Waals surface area contributed by atoms with Crippen LogP contribution >= 0.6 is 11.3 Å². The van der Waals surface area contributed by atoms with E-state index in [9.17, 15) is 14.7 Å². The number of aliphatic hydroxyl groups excluding tert-OH is 1. The quantitative estimate of drug-likeness (QED) is 0.116. The van der Waals surface area contributed by atoms with Gasteiger partial charge in [0.1, 0.15) is 37.1 Å². The smallest absolute Gasteiger partial charge is 0.301 e. The van der Waals surface area contributed by atoms with Crippen LogP contribution in [0.3, 0.4) is 0 Å². The molecule has 0 aliphatic carbocycles. The summed E-state index contributed by atoms with van der Waals surface area (Å²) in [4.78, 5) is 33.7. The van der Waals surface area contributed by atoms with E-state index < -0.39 is 17.7 Å². The third-order valence-electron chi connectivity index (χ3n) is 7.55. The number of fused-ring (bicyclic) bond motifs is 2. The van der Waals surface area contributed by atoms with E-state index in [-0.39, 0.29) is 11.3 Å². The average molecular weight is 621 g/mol. The van der Waals surface area contributed by atoms with Crippen molar-refractivity contribution in [1.29, 1.82) is 0 Å². The maximum Gasteiger partial charge on any atom is 0.301 e. The van der Waals surface area contributed by atoms with E-state index in [4.69, 9.17) is 23.9 Å². The number of hydrogen-bond acceptors (Lipinski definition) is 9. The molecule has 1 N–H and O–H groups in total. The Morgan fingerprint density at radius 1 is 0.911 bits per heavy atom. The van der Waals surface area contributed by atoms with Crippen molar-refractivity contribution in [3.8, 4) is 23.0 Å². The van der Waals surface area contributed by atoms with Crippen molar-refractivity contribution < 1.29 is 33.6 Å². The molecule has 226 valence electrons. The summed E-state index contributed by atoms with van der Waals surface area (Å²) in [5, 5.41) is 12.0. The van der Waals surface area contributed by atoms with Crippen LogP contribution < -0.4 is 23.8 Å². The number of aliphatic hydroxyl groups is 1. The number of hydrogen-bond donors (Lipinski definition) is 1. The lowest BCUT2D eigenvalue weighted by atomic mass is 9.95. The molecule has 1 amide bonds. The first-order chi connectivity index (χ1) is 22.0. The topological polar surface area (TPSA) is 107 Å². The Kier molecular flexibility index (Phi) is 7.56. The van der Waals surface area contributed by atoms with Crippen molar-refractivity contribution in [1.82, 2.24) is 4.98 Å². The number of nitrogens with zero attached hydrogens (tertiary/aromatic N) is 2. The molecular weight excluding hydrogens is 592 g/mol. The highest BCUT2D eigenvalue weighted by molar-refractivity contribution is 7.22. The van der Waals surface area contributed by atoms with E-state index in [2.05, 4.69) is 0 Å². The molecule has 0 radical (unpaired) electrons. The summed E-state index contributed by atoms with van der Waals surface area (Å²) in [5.74, 6) is 0.277. The molecule has 1 atom stereocenters. The summed E-state index contributed by atoms with van der Waals surface area (Å²) in [6, 6.07) is 26.4. The fourth-order valence-electron chi connectivity index (χ4n) is 5.46. The molecule has 9 nitrogen and oxygen atoms in total. The van der Waals surface area contributed by atoms with E-state index in [1.54, 1.807) is 36.4 Å². The van der Waals surface area contributed by atoms with Gasteiger partial charge in [0.05, 0.1) is 28.4 Å². The summed E-state index contributed by atoms with van der Waals surface area (Å²) in [6.07, 6.45) is 0. The highest BCUT2D eigenvalue weighted by Crippen LogP contribution is 2.46. The van der Waals surface area contributed by atoms with Crippen molar-refractivity contribution in [2.24, 2.45) is 0 Å². The molecule has 1 unspecified atom stereocenters. The fraction of sp³-hybridized carbons (Fsp3) is 0.171. The molecule has 10 heteroatoms. The fourth-order valence-corrected chi connectivity index (χ4v) is 6.48. The minimum atomic E-state index is -0.981. The Labute approximate surface area is 262 Å². The van der Waals surface area contributed by atoms with Crippen molar-refractivity contribution in [2.45, 2.75) is 19.6 Å². The Morgan fingerprint density at radius 2 is 1.71 bits per heavy atom. The molecule has 2 aliphatic heterocycles. The Balaban J connectivity index is 1.34. The Bertz CT molecular complexity index is 1950. The van der Waals surface area contributed by atoms with Crippen molar-refractivity contribution in [3.63, 3.8) is 0 Å². The van der Waals surface area contributed by atoms with E-state index in [0.29, 0.717) is 71.2 Å². The second kappa shape index (κ2) is 12.0. The van der Waals surface area contributed by atoms with E-state index in [1.165, 1.54) is 16.2 Å². The Morgan fingerprint density at radius 3 is 2.53 bits per heavy atom. The van der Waals surface area contributed by atoms with Crippen LogP contribution in [-0.2, 0) is 16.2 Å². The van der Waals surface area contributed by atoms with Gasteiger partial charge in [-0.15, -0.1) is 0 Å². The molecule has 3 heterocycles. The van der Waals surface area contributed by atoms with Crippen LogP contribution in [0.1, 0.15) is 29.7 Å². The highest BCUT2D eigenvalue weighted by atomic mass is 32.1. The lowest BCUT2D eigenvalue weighted by Gasteiger charge is -2.24. The van der Waals surface area contributed by atoms with Gasteiger partial charge in [-0.3, -0.25) is 14.5 Å². The molecule has 1 saturated heterocycles. The monoisotopic (exact) mass is 620 g/mol. The molecule has 5 aromatic rings. The minimum absolute atomic E-state index is 0.0638. The number of carbonyl (C=O) groups is 2. The third-order valence-corrected chi connectivity index (χ3v) is 8.57. The molecule has 0 bridgehead atoms. The SMILES string of the molecule is CCOc1ccc2nc(N3C(=O)C(=O)C(=C(O)c4ccc5c(c4)OCCO5)C3c3cccc(OCc4ccccc4)c3)sc2c1. The zero-order valence-corrected chi connectivity index (χ0v) is 25.1. The van der Waals surface area contributed by atoms with Gasteiger partial charge in [0.15, 0.2) is 16.6 Å². The summed E-state index contributed by atoms with van der Waals surface area (Å²) in [6.45, 7) is 3.53. The number of Topliss-reactive ketones (excluding diaryl/α,β-unsaturated/α-hetero) is 1. The number of aromatic nitrogens is 1. The van der Waals surface area contributed by atoms with Crippen molar-refractivity contribution >= 4 is 44.1 Å². The zero-order chi connectivity index (χ0) is 30.9. The zero-order valence-electron chi connectivity index (χ0n) is 24.3. The van der Waals surface area contributed by atoms with Gasteiger partial charge >= 0.3 is 5.91 Å². The number of benzene rings is 4. The standard InChI is InChI=1S/C35H28N2O7S/c1-2-41-25-12-13-26-29(19-25)45-35(36-26)37-31(22-9-6-10-24(17-22)44-20-21-7-4-3-5-8-21)30(33(39)34(37)40)32(38)23-11-14-27-28(18-23)43-16-15-42-27/h3-14,17-19,31,38H,2,15-16,20H2,1H3. The van der Waals surface area contributed by atoms with Gasteiger partial charge in [-0.05, 0) is 66.6 Å². The first kappa shape index (κ1) is 28.4. The summed E-state index contributed by atoms with van der Waals surface area (Å²) < 4.78 is 23.9. The second-order valence-corrected chi connectivity index (χ2v) is 11.4. The first-order valence-electron chi connectivity index (χ1n) is 14.5. The van der Waals surface area contributed by atoms with Gasteiger partial charge in [-0.25, -0.2) is 4.98 Å². The summed E-state index contributed by atoms with van der Waals surface area (Å²) >= 11 is 1.27. The van der Waals surface area contributed by atoms with Crippen LogP contribution in [0.4, 0.5) is 5.13 Å². The highest BCUT2D eigenvalue weighted by Gasteiger charge is 2.48. The Hall–Kier alpha value is -5.35. The molecule has 1 fully saturated rings. The number of ketones is 1. The van der Waals surface area contributed by atoms with Crippen LogP contribution in [0.25, 0.3) is 16.0 Å². The predicted octanol–water partition coefficient (Wildman–Crippen LogP) is 6.67. The maximum absolute atomic E-state index is 13.8. The number of amides is 1. The first-order valence-corrected chi connectivity index (χ1v) is 15.3. The van der Waals surface area contributed by atoms with Crippen LogP contribution in [-0.4, -0.2) is 41.6 Å². The lowest BCUT2D eigenvalue weighted by molar-refractivity contribution is -0.132. The normalized spacial score (nSPS) is 17.1. The van der Waals surface area contributed by atoms with Gasteiger partial charge < -0.3 is 24.1 Å². The molecule has 1 aromatic heterocycles. The number of ether oxygens (including phenoxy) is 4. The maximum atomic E-state index is 13.8. The number of carbonyl (C=O) groups excluding carboxylic acids is 2. The van der Waals surface area contributed by atoms with E-state index in [1.807, 2.05) is 61.5 Å². The molecule has 0 spiro atoms. The van der Waals surface area contributed by atoms with Crippen LogP contribution in [0.15, 0.2) is 96.6 Å². The predicted molar refractivity (Wildman–Crippen MR) is 170 cm³/mol. The van der Waals surface area contributed by atoms with Crippen molar-refractivity contribution in [2.75, 3.05) is 24.7 Å². The van der Waals surface area contributed by atoms with Gasteiger partial charge in [0.25, 0.3) is 5.78 Å². The van der Waals surface area contributed by atoms with Crippen LogP contribution in [0.2, 0.25) is 0 Å². The largest absolute Gasteiger partial charge is 0.507 e. The summed E-state index contributed by atoms with van der Waals surface area (Å²) in [5.41, 5.74) is 2.49. The van der Waals surface area contributed by atoms with E-state index >= 15 is 0 Å². The molecule has 45 heavy (non-hydrogen) atoms. The number of rotatable bonds is 8. The third kappa shape index (κ3) is 5.44.